The zero-order valence-corrected chi connectivity index (χ0v) is 12.5. The lowest BCUT2D eigenvalue weighted by Gasteiger charge is -2.29. The van der Waals surface area contributed by atoms with E-state index in [9.17, 15) is 0 Å². The van der Waals surface area contributed by atoms with Gasteiger partial charge in [-0.05, 0) is 43.9 Å². The van der Waals surface area contributed by atoms with Crippen LogP contribution in [-0.4, -0.2) is 16.0 Å². The molecule has 0 saturated heterocycles. The van der Waals surface area contributed by atoms with E-state index in [1.54, 1.807) is 0 Å². The maximum atomic E-state index is 6.04. The van der Waals surface area contributed by atoms with Crippen LogP contribution in [0, 0.1) is 17.8 Å². The van der Waals surface area contributed by atoms with Crippen molar-refractivity contribution in [3.63, 3.8) is 0 Å². The Kier molecular flexibility index (Phi) is 3.66. The summed E-state index contributed by atoms with van der Waals surface area (Å²) in [6, 6.07) is 2.32. The zero-order chi connectivity index (χ0) is 13.4. The minimum absolute atomic E-state index is 0.478. The van der Waals surface area contributed by atoms with Gasteiger partial charge in [0.15, 0.2) is 0 Å². The van der Waals surface area contributed by atoms with Gasteiger partial charge in [0.05, 0.1) is 0 Å². The third-order valence-corrected chi connectivity index (χ3v) is 5.06. The van der Waals surface area contributed by atoms with Crippen molar-refractivity contribution in [2.24, 2.45) is 17.8 Å². The zero-order valence-electron chi connectivity index (χ0n) is 11.7. The fourth-order valence-electron chi connectivity index (χ4n) is 3.94. The molecule has 0 amide bonds. The summed E-state index contributed by atoms with van der Waals surface area (Å²) >= 11 is 6.04. The first-order chi connectivity index (χ1) is 9.15. The molecule has 19 heavy (non-hydrogen) atoms. The SMILES string of the molecule is CCc1nc(Cl)cc(NC(C)C2CC3CCC2C3)n1. The van der Waals surface area contributed by atoms with Crippen LogP contribution in [0.4, 0.5) is 5.82 Å². The van der Waals surface area contributed by atoms with E-state index in [4.69, 9.17) is 11.6 Å². The summed E-state index contributed by atoms with van der Waals surface area (Å²) in [7, 11) is 0. The molecule has 0 spiro atoms. The Hall–Kier alpha value is -0.830. The molecule has 2 fully saturated rings. The minimum atomic E-state index is 0.478. The Bertz CT molecular complexity index is 463. The average molecular weight is 280 g/mol. The van der Waals surface area contributed by atoms with Crippen LogP contribution in [0.25, 0.3) is 0 Å². The normalized spacial score (nSPS) is 30.6. The molecule has 2 saturated carbocycles. The van der Waals surface area contributed by atoms with Crippen molar-refractivity contribution >= 4 is 17.4 Å². The van der Waals surface area contributed by atoms with Gasteiger partial charge < -0.3 is 5.32 Å². The van der Waals surface area contributed by atoms with Gasteiger partial charge in [-0.15, -0.1) is 0 Å². The Morgan fingerprint density at radius 3 is 2.84 bits per heavy atom. The highest BCUT2D eigenvalue weighted by Crippen LogP contribution is 2.49. The third-order valence-electron chi connectivity index (χ3n) is 4.87. The molecule has 2 bridgehead atoms. The number of hydrogen-bond donors (Lipinski definition) is 1. The second-order valence-corrected chi connectivity index (χ2v) is 6.50. The monoisotopic (exact) mass is 279 g/mol. The summed E-state index contributed by atoms with van der Waals surface area (Å²) in [5.41, 5.74) is 0. The topological polar surface area (TPSA) is 37.8 Å². The van der Waals surface area contributed by atoms with E-state index in [1.165, 1.54) is 25.7 Å². The van der Waals surface area contributed by atoms with Gasteiger partial charge in [-0.2, -0.15) is 0 Å². The molecule has 3 nitrogen and oxygen atoms in total. The van der Waals surface area contributed by atoms with Gasteiger partial charge in [0.1, 0.15) is 16.8 Å². The molecule has 3 rings (SSSR count). The van der Waals surface area contributed by atoms with E-state index >= 15 is 0 Å². The van der Waals surface area contributed by atoms with Gasteiger partial charge in [0.2, 0.25) is 0 Å². The molecule has 1 heterocycles. The Morgan fingerprint density at radius 1 is 1.37 bits per heavy atom. The summed E-state index contributed by atoms with van der Waals surface area (Å²) in [5, 5.41) is 4.09. The quantitative estimate of drug-likeness (QED) is 0.849. The van der Waals surface area contributed by atoms with Crippen molar-refractivity contribution < 1.29 is 0 Å². The molecule has 2 aliphatic carbocycles. The summed E-state index contributed by atoms with van der Waals surface area (Å²) in [6.07, 6.45) is 6.52. The predicted octanol–water partition coefficient (Wildman–Crippen LogP) is 3.93. The van der Waals surface area contributed by atoms with E-state index in [1.807, 2.05) is 6.07 Å². The van der Waals surface area contributed by atoms with Crippen LogP contribution in [0.3, 0.4) is 0 Å². The van der Waals surface area contributed by atoms with Gasteiger partial charge in [-0.25, -0.2) is 9.97 Å². The fourth-order valence-corrected chi connectivity index (χ4v) is 4.14. The van der Waals surface area contributed by atoms with Crippen molar-refractivity contribution in [2.45, 2.75) is 52.0 Å². The van der Waals surface area contributed by atoms with Gasteiger partial charge in [0, 0.05) is 18.5 Å². The van der Waals surface area contributed by atoms with Crippen molar-refractivity contribution in [2.75, 3.05) is 5.32 Å². The number of rotatable bonds is 4. The number of hydrogen-bond acceptors (Lipinski definition) is 3. The lowest BCUT2D eigenvalue weighted by atomic mass is 9.84. The van der Waals surface area contributed by atoms with E-state index in [-0.39, 0.29) is 0 Å². The first-order valence-corrected chi connectivity index (χ1v) is 7.83. The van der Waals surface area contributed by atoms with Crippen molar-refractivity contribution in [3.8, 4) is 0 Å². The highest BCUT2D eigenvalue weighted by Gasteiger charge is 2.41. The lowest BCUT2D eigenvalue weighted by Crippen LogP contribution is -2.30. The minimum Gasteiger partial charge on any atom is -0.367 e. The Balaban J connectivity index is 1.69. The van der Waals surface area contributed by atoms with Crippen LogP contribution in [-0.2, 0) is 6.42 Å². The Labute approximate surface area is 120 Å². The summed E-state index contributed by atoms with van der Waals surface area (Å²) in [5.74, 6) is 4.41. The summed E-state index contributed by atoms with van der Waals surface area (Å²) in [6.45, 7) is 4.34. The molecule has 1 N–H and O–H groups in total. The molecular formula is C15H22ClN3. The van der Waals surface area contributed by atoms with Gasteiger partial charge in [0.25, 0.3) is 0 Å². The Morgan fingerprint density at radius 2 is 2.21 bits per heavy atom. The maximum absolute atomic E-state index is 6.04. The number of fused-ring (bicyclic) bond motifs is 2. The van der Waals surface area contributed by atoms with E-state index in [2.05, 4.69) is 29.1 Å². The summed E-state index contributed by atoms with van der Waals surface area (Å²) < 4.78 is 0. The first kappa shape index (κ1) is 13.2. The highest BCUT2D eigenvalue weighted by atomic mass is 35.5. The second-order valence-electron chi connectivity index (χ2n) is 6.12. The van der Waals surface area contributed by atoms with Crippen molar-refractivity contribution in [1.82, 2.24) is 9.97 Å². The van der Waals surface area contributed by atoms with Crippen LogP contribution in [0.15, 0.2) is 6.07 Å². The molecular weight excluding hydrogens is 258 g/mol. The van der Waals surface area contributed by atoms with Crippen LogP contribution in [0.1, 0.15) is 45.4 Å². The highest BCUT2D eigenvalue weighted by molar-refractivity contribution is 6.29. The number of nitrogens with one attached hydrogen (secondary N) is 1. The van der Waals surface area contributed by atoms with Crippen LogP contribution in [0.5, 0.6) is 0 Å². The molecule has 0 aliphatic heterocycles. The van der Waals surface area contributed by atoms with Crippen LogP contribution >= 0.6 is 11.6 Å². The standard InChI is InChI=1S/C15H22ClN3/c1-3-14-18-13(16)8-15(19-14)17-9(2)12-7-10-4-5-11(12)6-10/h8-12H,3-7H2,1-2H3,(H,17,18,19). The number of aryl methyl sites for hydroxylation is 1. The molecule has 4 unspecified atom stereocenters. The molecule has 104 valence electrons. The molecule has 1 aromatic heterocycles. The number of halogens is 1. The largest absolute Gasteiger partial charge is 0.367 e. The van der Waals surface area contributed by atoms with Crippen molar-refractivity contribution in [1.29, 1.82) is 0 Å². The third kappa shape index (κ3) is 2.71. The number of aromatic nitrogens is 2. The van der Waals surface area contributed by atoms with Crippen LogP contribution < -0.4 is 5.32 Å². The molecule has 0 aromatic carbocycles. The lowest BCUT2D eigenvalue weighted by molar-refractivity contribution is 0.304. The molecule has 0 radical (unpaired) electrons. The molecule has 4 atom stereocenters. The average Bonchev–Trinajstić information content (AvgIpc) is 3.00. The summed E-state index contributed by atoms with van der Waals surface area (Å²) in [4.78, 5) is 8.73. The van der Waals surface area contributed by atoms with Gasteiger partial charge >= 0.3 is 0 Å². The fraction of sp³-hybridized carbons (Fsp3) is 0.733. The number of anilines is 1. The molecule has 4 heteroatoms. The smallest absolute Gasteiger partial charge is 0.134 e. The molecule has 2 aliphatic rings. The van der Waals surface area contributed by atoms with Crippen LogP contribution in [0.2, 0.25) is 5.15 Å². The maximum Gasteiger partial charge on any atom is 0.134 e. The van der Waals surface area contributed by atoms with E-state index in [0.717, 1.165) is 35.8 Å². The molecule has 1 aromatic rings. The second kappa shape index (κ2) is 5.28. The van der Waals surface area contributed by atoms with Gasteiger partial charge in [-0.3, -0.25) is 0 Å². The number of nitrogens with zero attached hydrogens (tertiary/aromatic N) is 2. The van der Waals surface area contributed by atoms with E-state index in [0.29, 0.717) is 11.2 Å². The van der Waals surface area contributed by atoms with Crippen molar-refractivity contribution in [3.05, 3.63) is 17.0 Å². The first-order valence-electron chi connectivity index (χ1n) is 7.45. The van der Waals surface area contributed by atoms with Gasteiger partial charge in [-0.1, -0.05) is 24.9 Å². The van der Waals surface area contributed by atoms with E-state index < -0.39 is 0 Å². The predicted molar refractivity (Wildman–Crippen MR) is 78.4 cm³/mol.